The van der Waals surface area contributed by atoms with Crippen molar-refractivity contribution in [1.29, 1.82) is 0 Å². The first-order valence-corrected chi connectivity index (χ1v) is 11.4. The fourth-order valence-electron chi connectivity index (χ4n) is 3.19. The fourth-order valence-corrected chi connectivity index (χ4v) is 4.21. The number of sulfonamides is 1. The molecule has 2 aromatic carbocycles. The van der Waals surface area contributed by atoms with E-state index in [2.05, 4.69) is 12.2 Å². The number of aryl methyl sites for hydroxylation is 2. The van der Waals surface area contributed by atoms with Crippen LogP contribution in [0.2, 0.25) is 0 Å². The lowest BCUT2D eigenvalue weighted by Crippen LogP contribution is -2.33. The maximum atomic E-state index is 12.2. The Labute approximate surface area is 168 Å². The molecule has 0 aliphatic rings. The zero-order valence-corrected chi connectivity index (χ0v) is 17.9. The highest BCUT2D eigenvalue weighted by molar-refractivity contribution is 7.92. The Bertz CT molecular complexity index is 895. The summed E-state index contributed by atoms with van der Waals surface area (Å²) in [5, 5.41) is 2.95. The van der Waals surface area contributed by atoms with Gasteiger partial charge in [0.05, 0.1) is 11.9 Å². The summed E-state index contributed by atoms with van der Waals surface area (Å²) >= 11 is 0. The summed E-state index contributed by atoms with van der Waals surface area (Å²) in [6.07, 6.45) is 1.96. The molecule has 1 amide bonds. The van der Waals surface area contributed by atoms with Gasteiger partial charge in [0.2, 0.25) is 15.9 Å². The van der Waals surface area contributed by atoms with E-state index in [4.69, 9.17) is 0 Å². The molecular formula is C22H30N2O3S. The number of nitrogens with zero attached hydrogens (tertiary/aromatic N) is 1. The number of hydrogen-bond acceptors (Lipinski definition) is 3. The summed E-state index contributed by atoms with van der Waals surface area (Å²) in [6, 6.07) is 15.7. The average Bonchev–Trinajstić information content (AvgIpc) is 2.64. The molecule has 0 radical (unpaired) electrons. The van der Waals surface area contributed by atoms with Gasteiger partial charge >= 0.3 is 0 Å². The number of benzene rings is 2. The van der Waals surface area contributed by atoms with Gasteiger partial charge in [-0.1, -0.05) is 55.0 Å². The molecule has 0 aliphatic carbocycles. The van der Waals surface area contributed by atoms with Crippen molar-refractivity contribution >= 4 is 21.6 Å². The average molecular weight is 403 g/mol. The first kappa shape index (κ1) is 22.0. The second kappa shape index (κ2) is 9.73. The van der Waals surface area contributed by atoms with Gasteiger partial charge in [0, 0.05) is 19.5 Å². The Kier molecular flexibility index (Phi) is 7.63. The van der Waals surface area contributed by atoms with Gasteiger partial charge in [-0.3, -0.25) is 9.10 Å². The van der Waals surface area contributed by atoms with Crippen molar-refractivity contribution in [2.24, 2.45) is 0 Å². The lowest BCUT2D eigenvalue weighted by molar-refractivity contribution is -0.121. The monoisotopic (exact) mass is 402 g/mol. The van der Waals surface area contributed by atoms with Gasteiger partial charge < -0.3 is 5.32 Å². The van der Waals surface area contributed by atoms with Crippen LogP contribution in [0.4, 0.5) is 5.69 Å². The van der Waals surface area contributed by atoms with Crippen LogP contribution in [0.25, 0.3) is 0 Å². The highest BCUT2D eigenvalue weighted by atomic mass is 32.2. The summed E-state index contributed by atoms with van der Waals surface area (Å²) in [5.41, 5.74) is 3.85. The molecule has 0 bridgehead atoms. The van der Waals surface area contributed by atoms with Crippen molar-refractivity contribution in [3.05, 3.63) is 65.2 Å². The molecule has 0 aliphatic heterocycles. The topological polar surface area (TPSA) is 66.5 Å². The molecule has 2 rings (SSSR count). The molecule has 1 N–H and O–H groups in total. The molecule has 0 saturated carbocycles. The van der Waals surface area contributed by atoms with Crippen molar-refractivity contribution in [3.8, 4) is 0 Å². The van der Waals surface area contributed by atoms with Crippen molar-refractivity contribution in [2.45, 2.75) is 39.5 Å². The standard InChI is InChI=1S/C22H30N2O3S/c1-17-12-13-21(18(2)15-17)24(28(4,26)27)14-8-11-22(25)23-16-19(3)20-9-6-5-7-10-20/h5-7,9-10,12-13,15,19H,8,11,14,16H2,1-4H3,(H,23,25)/t19-/m1/s1. The third-order valence-corrected chi connectivity index (χ3v) is 5.94. The Balaban J connectivity index is 1.89. The van der Waals surface area contributed by atoms with Gasteiger partial charge in [-0.05, 0) is 43.4 Å². The zero-order chi connectivity index (χ0) is 20.7. The number of hydrogen-bond donors (Lipinski definition) is 1. The van der Waals surface area contributed by atoms with E-state index in [-0.39, 0.29) is 18.4 Å². The van der Waals surface area contributed by atoms with E-state index in [0.717, 1.165) is 11.1 Å². The van der Waals surface area contributed by atoms with Gasteiger partial charge in [-0.25, -0.2) is 8.42 Å². The van der Waals surface area contributed by atoms with Crippen LogP contribution in [0, 0.1) is 13.8 Å². The first-order valence-electron chi connectivity index (χ1n) is 9.55. The van der Waals surface area contributed by atoms with Gasteiger partial charge in [0.1, 0.15) is 0 Å². The lowest BCUT2D eigenvalue weighted by atomic mass is 10.0. The molecule has 6 heteroatoms. The number of nitrogens with one attached hydrogen (secondary N) is 1. The smallest absolute Gasteiger partial charge is 0.232 e. The summed E-state index contributed by atoms with van der Waals surface area (Å²) in [6.45, 7) is 6.79. The van der Waals surface area contributed by atoms with E-state index in [1.165, 1.54) is 16.1 Å². The first-order chi connectivity index (χ1) is 13.2. The molecular weight excluding hydrogens is 372 g/mol. The van der Waals surface area contributed by atoms with Crippen LogP contribution in [0.15, 0.2) is 48.5 Å². The number of amides is 1. The summed E-state index contributed by atoms with van der Waals surface area (Å²) < 4.78 is 25.9. The third kappa shape index (κ3) is 6.37. The number of carbonyl (C=O) groups is 1. The van der Waals surface area contributed by atoms with Gasteiger partial charge in [0.15, 0.2) is 0 Å². The largest absolute Gasteiger partial charge is 0.356 e. The second-order valence-corrected chi connectivity index (χ2v) is 9.25. The maximum Gasteiger partial charge on any atom is 0.232 e. The fraction of sp³-hybridized carbons (Fsp3) is 0.409. The van der Waals surface area contributed by atoms with E-state index in [1.54, 1.807) is 0 Å². The molecule has 152 valence electrons. The molecule has 5 nitrogen and oxygen atoms in total. The summed E-state index contributed by atoms with van der Waals surface area (Å²) in [5.74, 6) is 0.171. The molecule has 0 aromatic heterocycles. The normalized spacial score (nSPS) is 12.4. The quantitative estimate of drug-likeness (QED) is 0.694. The molecule has 0 unspecified atom stereocenters. The van der Waals surface area contributed by atoms with E-state index >= 15 is 0 Å². The van der Waals surface area contributed by atoms with Crippen LogP contribution in [-0.2, 0) is 14.8 Å². The number of anilines is 1. The minimum absolute atomic E-state index is 0.0585. The van der Waals surface area contributed by atoms with Crippen LogP contribution in [0.5, 0.6) is 0 Å². The van der Waals surface area contributed by atoms with Crippen molar-refractivity contribution in [2.75, 3.05) is 23.7 Å². The van der Waals surface area contributed by atoms with Crippen molar-refractivity contribution in [3.63, 3.8) is 0 Å². The molecule has 2 aromatic rings. The lowest BCUT2D eigenvalue weighted by Gasteiger charge is -2.24. The van der Waals surface area contributed by atoms with Crippen LogP contribution in [0.1, 0.15) is 42.4 Å². The van der Waals surface area contributed by atoms with Crippen molar-refractivity contribution < 1.29 is 13.2 Å². The van der Waals surface area contributed by atoms with Crippen molar-refractivity contribution in [1.82, 2.24) is 5.32 Å². The third-order valence-electron chi connectivity index (χ3n) is 4.76. The maximum absolute atomic E-state index is 12.2. The highest BCUT2D eigenvalue weighted by Crippen LogP contribution is 2.24. The number of rotatable bonds is 9. The van der Waals surface area contributed by atoms with Gasteiger partial charge in [-0.15, -0.1) is 0 Å². The minimum atomic E-state index is -3.41. The molecule has 1 atom stereocenters. The van der Waals surface area contributed by atoms with Gasteiger partial charge in [0.25, 0.3) is 0 Å². The van der Waals surface area contributed by atoms with Crippen LogP contribution < -0.4 is 9.62 Å². The molecule has 0 spiro atoms. The molecule has 0 heterocycles. The molecule has 0 saturated heterocycles. The zero-order valence-electron chi connectivity index (χ0n) is 17.1. The Morgan fingerprint density at radius 2 is 1.79 bits per heavy atom. The SMILES string of the molecule is Cc1ccc(N(CCCC(=O)NC[C@@H](C)c2ccccc2)S(C)(=O)=O)c(C)c1. The summed E-state index contributed by atoms with van der Waals surface area (Å²) in [4.78, 5) is 12.2. The van der Waals surface area contributed by atoms with Gasteiger partial charge in [-0.2, -0.15) is 0 Å². The molecule has 0 fully saturated rings. The predicted molar refractivity (Wildman–Crippen MR) is 115 cm³/mol. The second-order valence-electron chi connectivity index (χ2n) is 7.34. The van der Waals surface area contributed by atoms with E-state index in [9.17, 15) is 13.2 Å². The Morgan fingerprint density at radius 3 is 2.39 bits per heavy atom. The van der Waals surface area contributed by atoms with E-state index in [0.29, 0.717) is 25.1 Å². The van der Waals surface area contributed by atoms with E-state index in [1.807, 2.05) is 62.4 Å². The van der Waals surface area contributed by atoms with Crippen LogP contribution >= 0.6 is 0 Å². The molecule has 28 heavy (non-hydrogen) atoms. The predicted octanol–water partition coefficient (Wildman–Crippen LogP) is 3.77. The number of carbonyl (C=O) groups excluding carboxylic acids is 1. The Morgan fingerprint density at radius 1 is 1.11 bits per heavy atom. The minimum Gasteiger partial charge on any atom is -0.356 e. The Hall–Kier alpha value is -2.34. The van der Waals surface area contributed by atoms with Crippen LogP contribution in [0.3, 0.4) is 0 Å². The summed E-state index contributed by atoms with van der Waals surface area (Å²) in [7, 11) is -3.41. The highest BCUT2D eigenvalue weighted by Gasteiger charge is 2.19. The van der Waals surface area contributed by atoms with E-state index < -0.39 is 10.0 Å². The van der Waals surface area contributed by atoms with Crippen LogP contribution in [-0.4, -0.2) is 33.7 Å².